The monoisotopic (exact) mass is 376 g/mol. The summed E-state index contributed by atoms with van der Waals surface area (Å²) in [5.74, 6) is 0. The number of rotatable bonds is 5. The SMILES string of the molecule is Cc1c(C=O)sc2c1c(=O)n(C1(C)CC1)c(=O)n2CCOC(F)(F)F. The lowest BCUT2D eigenvalue weighted by molar-refractivity contribution is -0.325. The highest BCUT2D eigenvalue weighted by atomic mass is 32.1. The molecule has 25 heavy (non-hydrogen) atoms. The lowest BCUT2D eigenvalue weighted by atomic mass is 10.2. The fourth-order valence-electron chi connectivity index (χ4n) is 2.81. The van der Waals surface area contributed by atoms with Crippen LogP contribution in [0.5, 0.6) is 0 Å². The number of aryl methyl sites for hydroxylation is 1. The molecule has 0 bridgehead atoms. The average molecular weight is 376 g/mol. The topological polar surface area (TPSA) is 70.3 Å². The Balaban J connectivity index is 2.22. The van der Waals surface area contributed by atoms with E-state index in [9.17, 15) is 27.6 Å². The fourth-order valence-corrected chi connectivity index (χ4v) is 3.94. The van der Waals surface area contributed by atoms with Crippen LogP contribution in [0.15, 0.2) is 9.59 Å². The molecule has 136 valence electrons. The van der Waals surface area contributed by atoms with Crippen LogP contribution in [0.3, 0.4) is 0 Å². The Morgan fingerprint density at radius 1 is 1.32 bits per heavy atom. The second kappa shape index (κ2) is 5.80. The molecule has 1 aliphatic carbocycles. The summed E-state index contributed by atoms with van der Waals surface area (Å²) in [5, 5.41) is 0.201. The molecule has 0 spiro atoms. The minimum Gasteiger partial charge on any atom is -0.297 e. The van der Waals surface area contributed by atoms with Crippen LogP contribution in [0.25, 0.3) is 10.2 Å². The molecule has 0 atom stereocenters. The first kappa shape index (κ1) is 17.9. The largest absolute Gasteiger partial charge is 0.522 e. The van der Waals surface area contributed by atoms with Crippen LogP contribution in [-0.2, 0) is 16.8 Å². The van der Waals surface area contributed by atoms with Crippen LogP contribution >= 0.6 is 11.3 Å². The van der Waals surface area contributed by atoms with Gasteiger partial charge in [0.05, 0.1) is 29.0 Å². The summed E-state index contributed by atoms with van der Waals surface area (Å²) in [6.07, 6.45) is -2.96. The van der Waals surface area contributed by atoms with E-state index >= 15 is 0 Å². The van der Waals surface area contributed by atoms with Crippen molar-refractivity contribution in [1.29, 1.82) is 0 Å². The maximum absolute atomic E-state index is 12.8. The Labute approximate surface area is 143 Å². The third kappa shape index (κ3) is 3.04. The van der Waals surface area contributed by atoms with Gasteiger partial charge in [0.25, 0.3) is 5.56 Å². The van der Waals surface area contributed by atoms with Crippen LogP contribution in [0.2, 0.25) is 0 Å². The summed E-state index contributed by atoms with van der Waals surface area (Å²) in [5.41, 5.74) is -1.38. The van der Waals surface area contributed by atoms with E-state index in [1.807, 2.05) is 0 Å². The number of aldehydes is 1. The molecule has 1 aliphatic rings. The van der Waals surface area contributed by atoms with Crippen molar-refractivity contribution in [3.63, 3.8) is 0 Å². The van der Waals surface area contributed by atoms with Crippen molar-refractivity contribution in [1.82, 2.24) is 9.13 Å². The number of hydrogen-bond donors (Lipinski definition) is 0. The van der Waals surface area contributed by atoms with E-state index in [0.717, 1.165) is 20.5 Å². The van der Waals surface area contributed by atoms with Crippen molar-refractivity contribution >= 4 is 27.8 Å². The Hall–Kier alpha value is -1.94. The molecule has 1 saturated carbocycles. The van der Waals surface area contributed by atoms with Crippen molar-refractivity contribution in [3.8, 4) is 0 Å². The molecule has 2 heterocycles. The molecule has 0 unspecified atom stereocenters. The molecule has 0 aliphatic heterocycles. The number of halogens is 3. The molecule has 1 fully saturated rings. The fraction of sp³-hybridized carbons (Fsp3) is 0.533. The number of fused-ring (bicyclic) bond motifs is 1. The Morgan fingerprint density at radius 2 is 1.96 bits per heavy atom. The van der Waals surface area contributed by atoms with Gasteiger partial charge in [0.2, 0.25) is 0 Å². The number of nitrogens with zero attached hydrogens (tertiary/aromatic N) is 2. The highest BCUT2D eigenvalue weighted by Gasteiger charge is 2.43. The molecule has 0 radical (unpaired) electrons. The van der Waals surface area contributed by atoms with E-state index in [1.54, 1.807) is 13.8 Å². The Morgan fingerprint density at radius 3 is 2.48 bits per heavy atom. The first-order chi connectivity index (χ1) is 11.6. The summed E-state index contributed by atoms with van der Waals surface area (Å²) in [6.45, 7) is 2.20. The van der Waals surface area contributed by atoms with Crippen LogP contribution < -0.4 is 11.2 Å². The predicted molar refractivity (Wildman–Crippen MR) is 85.4 cm³/mol. The first-order valence-corrected chi connectivity index (χ1v) is 8.36. The number of ether oxygens (including phenoxy) is 1. The van der Waals surface area contributed by atoms with Gasteiger partial charge in [0, 0.05) is 0 Å². The minimum atomic E-state index is -4.81. The van der Waals surface area contributed by atoms with Gasteiger partial charge >= 0.3 is 12.1 Å². The minimum absolute atomic E-state index is 0.195. The molecule has 3 rings (SSSR count). The number of alkyl halides is 3. The van der Waals surface area contributed by atoms with E-state index in [0.29, 0.717) is 24.7 Å². The summed E-state index contributed by atoms with van der Waals surface area (Å²) in [7, 11) is 0. The zero-order valence-corrected chi connectivity index (χ0v) is 14.3. The van der Waals surface area contributed by atoms with E-state index in [-0.39, 0.29) is 21.6 Å². The highest BCUT2D eigenvalue weighted by molar-refractivity contribution is 7.20. The molecule has 2 aromatic heterocycles. The molecule has 0 N–H and O–H groups in total. The van der Waals surface area contributed by atoms with Gasteiger partial charge in [-0.25, -0.2) is 4.79 Å². The van der Waals surface area contributed by atoms with E-state index in [1.165, 1.54) is 0 Å². The van der Waals surface area contributed by atoms with Crippen LogP contribution in [0.4, 0.5) is 13.2 Å². The van der Waals surface area contributed by atoms with Crippen molar-refractivity contribution in [3.05, 3.63) is 31.3 Å². The zero-order chi connectivity index (χ0) is 18.6. The Bertz CT molecular complexity index is 966. The molecule has 0 aromatic carbocycles. The van der Waals surface area contributed by atoms with Gasteiger partial charge in [-0.15, -0.1) is 24.5 Å². The molecule has 6 nitrogen and oxygen atoms in total. The van der Waals surface area contributed by atoms with Crippen LogP contribution in [-0.4, -0.2) is 28.4 Å². The lowest BCUT2D eigenvalue weighted by Crippen LogP contribution is -2.45. The second-order valence-electron chi connectivity index (χ2n) is 6.26. The van der Waals surface area contributed by atoms with E-state index < -0.39 is 29.8 Å². The van der Waals surface area contributed by atoms with E-state index in [2.05, 4.69) is 4.74 Å². The standard InChI is InChI=1S/C15H15F3N2O4S/c1-8-9(7-21)25-12-10(8)11(22)20(14(2)3-4-14)13(23)19(12)5-6-24-15(16,17)18/h7H,3-6H2,1-2H3. The summed E-state index contributed by atoms with van der Waals surface area (Å²) in [6, 6.07) is 0. The van der Waals surface area contributed by atoms with Gasteiger partial charge in [0.1, 0.15) is 4.83 Å². The molecule has 10 heteroatoms. The summed E-state index contributed by atoms with van der Waals surface area (Å²) >= 11 is 0.921. The van der Waals surface area contributed by atoms with Crippen molar-refractivity contribution in [2.24, 2.45) is 0 Å². The maximum atomic E-state index is 12.8. The second-order valence-corrected chi connectivity index (χ2v) is 7.29. The van der Waals surface area contributed by atoms with Crippen LogP contribution in [0, 0.1) is 6.92 Å². The van der Waals surface area contributed by atoms with Gasteiger partial charge in [0.15, 0.2) is 6.29 Å². The number of hydrogen-bond acceptors (Lipinski definition) is 5. The zero-order valence-electron chi connectivity index (χ0n) is 13.5. The maximum Gasteiger partial charge on any atom is 0.522 e. The van der Waals surface area contributed by atoms with Gasteiger partial charge in [-0.05, 0) is 32.3 Å². The van der Waals surface area contributed by atoms with Gasteiger partial charge in [-0.1, -0.05) is 0 Å². The van der Waals surface area contributed by atoms with Gasteiger partial charge < -0.3 is 0 Å². The van der Waals surface area contributed by atoms with Gasteiger partial charge in [-0.3, -0.25) is 23.5 Å². The van der Waals surface area contributed by atoms with Gasteiger partial charge in [-0.2, -0.15) is 0 Å². The van der Waals surface area contributed by atoms with Crippen LogP contribution in [0.1, 0.15) is 35.0 Å². The molecule has 0 saturated heterocycles. The summed E-state index contributed by atoms with van der Waals surface area (Å²) in [4.78, 5) is 37.2. The lowest BCUT2D eigenvalue weighted by Gasteiger charge is -2.16. The number of carbonyl (C=O) groups excluding carboxylic acids is 1. The molecular weight excluding hydrogens is 361 g/mol. The molecule has 0 amide bonds. The van der Waals surface area contributed by atoms with Crippen molar-refractivity contribution in [2.45, 2.75) is 45.1 Å². The first-order valence-electron chi connectivity index (χ1n) is 7.54. The normalized spacial score (nSPS) is 16.4. The van der Waals surface area contributed by atoms with Crippen molar-refractivity contribution < 1.29 is 22.7 Å². The Kier molecular flexibility index (Phi) is 4.15. The number of thiophene rings is 1. The highest BCUT2D eigenvalue weighted by Crippen LogP contribution is 2.41. The molecular formula is C15H15F3N2O4S. The van der Waals surface area contributed by atoms with E-state index in [4.69, 9.17) is 0 Å². The third-order valence-corrected chi connectivity index (χ3v) is 5.69. The van der Waals surface area contributed by atoms with Crippen molar-refractivity contribution in [2.75, 3.05) is 6.61 Å². The summed E-state index contributed by atoms with van der Waals surface area (Å²) < 4.78 is 42.6. The smallest absolute Gasteiger partial charge is 0.297 e. The molecule has 2 aromatic rings. The third-order valence-electron chi connectivity index (χ3n) is 4.45. The average Bonchev–Trinajstić information content (AvgIpc) is 3.14. The quantitative estimate of drug-likeness (QED) is 0.752. The number of aromatic nitrogens is 2. The number of carbonyl (C=O) groups is 1. The predicted octanol–water partition coefficient (Wildman–Crippen LogP) is 2.39.